The van der Waals surface area contributed by atoms with Gasteiger partial charge in [-0.1, -0.05) is 13.8 Å². The Hall–Kier alpha value is -1.89. The lowest BCUT2D eigenvalue weighted by Crippen LogP contribution is -2.38. The second-order valence-corrected chi connectivity index (χ2v) is 4.98. The second-order valence-electron chi connectivity index (χ2n) is 4.98. The summed E-state index contributed by atoms with van der Waals surface area (Å²) < 4.78 is 0. The second kappa shape index (κ2) is 7.04. The molecule has 1 aromatic rings. The van der Waals surface area contributed by atoms with Gasteiger partial charge in [0.15, 0.2) is 0 Å². The molecule has 0 radical (unpaired) electrons. The van der Waals surface area contributed by atoms with Gasteiger partial charge in [0, 0.05) is 6.54 Å². The van der Waals surface area contributed by atoms with Gasteiger partial charge in [-0.2, -0.15) is 0 Å². The summed E-state index contributed by atoms with van der Waals surface area (Å²) in [6.45, 7) is 6.39. The van der Waals surface area contributed by atoms with E-state index in [0.29, 0.717) is 24.6 Å². The standard InChI is InChI=1S/C13H22N4O3/c1-4-6-14-11-7-10(17(19)20)8-12(15-11)16-13(3,5-2)9-18/h7-8,18H,4-6,9H2,1-3H3,(H2,14,15,16). The Balaban J connectivity index is 3.05. The number of hydrogen-bond acceptors (Lipinski definition) is 6. The predicted molar refractivity (Wildman–Crippen MR) is 79.1 cm³/mol. The van der Waals surface area contributed by atoms with E-state index in [-0.39, 0.29) is 12.3 Å². The van der Waals surface area contributed by atoms with Gasteiger partial charge in [0.1, 0.15) is 11.6 Å². The lowest BCUT2D eigenvalue weighted by atomic mass is 10.0. The fourth-order valence-electron chi connectivity index (χ4n) is 1.58. The molecule has 1 heterocycles. The molecule has 0 fully saturated rings. The summed E-state index contributed by atoms with van der Waals surface area (Å²) in [7, 11) is 0. The number of anilines is 2. The van der Waals surface area contributed by atoms with Gasteiger partial charge in [-0.3, -0.25) is 10.1 Å². The first-order valence-electron chi connectivity index (χ1n) is 6.73. The maximum absolute atomic E-state index is 11.0. The van der Waals surface area contributed by atoms with Crippen molar-refractivity contribution in [2.75, 3.05) is 23.8 Å². The van der Waals surface area contributed by atoms with Crippen molar-refractivity contribution in [1.82, 2.24) is 4.98 Å². The van der Waals surface area contributed by atoms with E-state index in [2.05, 4.69) is 15.6 Å². The summed E-state index contributed by atoms with van der Waals surface area (Å²) >= 11 is 0. The van der Waals surface area contributed by atoms with Crippen LogP contribution in [0.5, 0.6) is 0 Å². The van der Waals surface area contributed by atoms with E-state index in [0.717, 1.165) is 6.42 Å². The fraction of sp³-hybridized carbons (Fsp3) is 0.615. The van der Waals surface area contributed by atoms with E-state index in [4.69, 9.17) is 0 Å². The topological polar surface area (TPSA) is 100 Å². The van der Waals surface area contributed by atoms with E-state index in [1.807, 2.05) is 20.8 Å². The van der Waals surface area contributed by atoms with Crippen LogP contribution in [-0.2, 0) is 0 Å². The van der Waals surface area contributed by atoms with Gasteiger partial charge in [0.25, 0.3) is 5.69 Å². The molecule has 1 unspecified atom stereocenters. The summed E-state index contributed by atoms with van der Waals surface area (Å²) in [6, 6.07) is 2.78. The van der Waals surface area contributed by atoms with Crippen molar-refractivity contribution in [2.45, 2.75) is 39.2 Å². The minimum Gasteiger partial charge on any atom is -0.394 e. The normalized spacial score (nSPS) is 13.6. The van der Waals surface area contributed by atoms with E-state index in [1.54, 1.807) is 0 Å². The molecule has 0 aromatic carbocycles. The van der Waals surface area contributed by atoms with Crippen molar-refractivity contribution in [3.05, 3.63) is 22.2 Å². The van der Waals surface area contributed by atoms with Crippen LogP contribution in [0.3, 0.4) is 0 Å². The Bertz CT molecular complexity index is 461. The minimum atomic E-state index is -0.551. The lowest BCUT2D eigenvalue weighted by molar-refractivity contribution is -0.384. The molecule has 0 bridgehead atoms. The van der Waals surface area contributed by atoms with Crippen molar-refractivity contribution in [1.29, 1.82) is 0 Å². The molecule has 7 heteroatoms. The molecule has 0 saturated carbocycles. The Labute approximate surface area is 118 Å². The van der Waals surface area contributed by atoms with Crippen LogP contribution in [-0.4, -0.2) is 33.7 Å². The van der Waals surface area contributed by atoms with Crippen LogP contribution in [0.2, 0.25) is 0 Å². The number of hydrogen-bond donors (Lipinski definition) is 3. The van der Waals surface area contributed by atoms with Crippen molar-refractivity contribution >= 4 is 17.3 Å². The van der Waals surface area contributed by atoms with Crippen LogP contribution in [0.1, 0.15) is 33.6 Å². The molecular weight excluding hydrogens is 260 g/mol. The molecular formula is C13H22N4O3. The van der Waals surface area contributed by atoms with Gasteiger partial charge >= 0.3 is 0 Å². The highest BCUT2D eigenvalue weighted by Crippen LogP contribution is 2.24. The maximum Gasteiger partial charge on any atom is 0.276 e. The molecule has 1 rings (SSSR count). The van der Waals surface area contributed by atoms with E-state index < -0.39 is 10.5 Å². The first-order valence-corrected chi connectivity index (χ1v) is 6.73. The van der Waals surface area contributed by atoms with Crippen LogP contribution in [0.25, 0.3) is 0 Å². The van der Waals surface area contributed by atoms with Crippen molar-refractivity contribution in [2.24, 2.45) is 0 Å². The van der Waals surface area contributed by atoms with Gasteiger partial charge in [-0.05, 0) is 19.8 Å². The van der Waals surface area contributed by atoms with Crippen molar-refractivity contribution in [3.8, 4) is 0 Å². The van der Waals surface area contributed by atoms with Crippen LogP contribution in [0.4, 0.5) is 17.3 Å². The Morgan fingerprint density at radius 1 is 1.40 bits per heavy atom. The van der Waals surface area contributed by atoms with Gasteiger partial charge in [0.2, 0.25) is 0 Å². The van der Waals surface area contributed by atoms with Gasteiger partial charge in [-0.15, -0.1) is 0 Å². The van der Waals surface area contributed by atoms with Crippen LogP contribution in [0.15, 0.2) is 12.1 Å². The molecule has 0 aliphatic rings. The summed E-state index contributed by atoms with van der Waals surface area (Å²) in [6.07, 6.45) is 1.57. The first kappa shape index (κ1) is 16.2. The molecule has 1 atom stereocenters. The summed E-state index contributed by atoms with van der Waals surface area (Å²) in [5.41, 5.74) is -0.581. The average molecular weight is 282 g/mol. The Morgan fingerprint density at radius 3 is 2.55 bits per heavy atom. The van der Waals surface area contributed by atoms with E-state index in [1.165, 1.54) is 12.1 Å². The largest absolute Gasteiger partial charge is 0.394 e. The third-order valence-corrected chi connectivity index (χ3v) is 3.14. The molecule has 7 nitrogen and oxygen atoms in total. The number of nitrogens with zero attached hydrogens (tertiary/aromatic N) is 2. The fourth-order valence-corrected chi connectivity index (χ4v) is 1.58. The molecule has 3 N–H and O–H groups in total. The van der Waals surface area contributed by atoms with E-state index in [9.17, 15) is 15.2 Å². The molecule has 112 valence electrons. The molecule has 0 aliphatic carbocycles. The molecule has 1 aromatic heterocycles. The number of pyridine rings is 1. The number of nitro groups is 1. The highest BCUT2D eigenvalue weighted by molar-refractivity contribution is 5.55. The zero-order valence-corrected chi connectivity index (χ0v) is 12.1. The number of rotatable bonds is 8. The van der Waals surface area contributed by atoms with Crippen molar-refractivity contribution < 1.29 is 10.0 Å². The lowest BCUT2D eigenvalue weighted by Gasteiger charge is -2.27. The summed E-state index contributed by atoms with van der Waals surface area (Å²) in [5, 5.41) is 26.4. The summed E-state index contributed by atoms with van der Waals surface area (Å²) in [4.78, 5) is 14.8. The first-order chi connectivity index (χ1) is 9.44. The monoisotopic (exact) mass is 282 g/mol. The number of aromatic nitrogens is 1. The minimum absolute atomic E-state index is 0.0301. The molecule has 0 amide bonds. The maximum atomic E-state index is 11.0. The average Bonchev–Trinajstić information content (AvgIpc) is 2.44. The SMILES string of the molecule is CCCNc1cc([N+](=O)[O-])cc(NC(C)(CC)CO)n1. The zero-order valence-electron chi connectivity index (χ0n) is 12.1. The third kappa shape index (κ3) is 4.34. The highest BCUT2D eigenvalue weighted by Gasteiger charge is 2.22. The Kier molecular flexibility index (Phi) is 5.69. The number of aliphatic hydroxyl groups is 1. The molecule has 0 spiro atoms. The Morgan fingerprint density at radius 2 is 2.05 bits per heavy atom. The number of aliphatic hydroxyl groups excluding tert-OH is 1. The quantitative estimate of drug-likeness (QED) is 0.500. The smallest absolute Gasteiger partial charge is 0.276 e. The van der Waals surface area contributed by atoms with Crippen molar-refractivity contribution in [3.63, 3.8) is 0 Å². The zero-order chi connectivity index (χ0) is 15.2. The third-order valence-electron chi connectivity index (χ3n) is 3.14. The van der Waals surface area contributed by atoms with E-state index >= 15 is 0 Å². The molecule has 0 saturated heterocycles. The summed E-state index contributed by atoms with van der Waals surface area (Å²) in [5.74, 6) is 0.844. The van der Waals surface area contributed by atoms with Crippen LogP contribution >= 0.6 is 0 Å². The van der Waals surface area contributed by atoms with Gasteiger partial charge in [-0.25, -0.2) is 4.98 Å². The predicted octanol–water partition coefficient (Wildman–Crippen LogP) is 2.38. The van der Waals surface area contributed by atoms with Crippen LogP contribution in [0, 0.1) is 10.1 Å². The highest BCUT2D eigenvalue weighted by atomic mass is 16.6. The number of nitrogens with one attached hydrogen (secondary N) is 2. The van der Waals surface area contributed by atoms with Gasteiger partial charge in [0.05, 0.1) is 29.2 Å². The van der Waals surface area contributed by atoms with Crippen LogP contribution < -0.4 is 10.6 Å². The molecule has 20 heavy (non-hydrogen) atoms. The molecule has 0 aliphatic heterocycles. The van der Waals surface area contributed by atoms with Gasteiger partial charge < -0.3 is 15.7 Å².